The second kappa shape index (κ2) is 31.5. The van der Waals surface area contributed by atoms with Gasteiger partial charge >= 0.3 is 6.09 Å². The molecule has 0 unspecified atom stereocenters. The number of benzene rings is 4. The Kier molecular flexibility index (Phi) is 24.0. The average molecular weight is 1070 g/mol. The molecule has 78 heavy (non-hydrogen) atoms. The molecule has 6 atom stereocenters. The molecule has 1 amide bonds. The summed E-state index contributed by atoms with van der Waals surface area (Å²) < 4.78 is 33.4. The van der Waals surface area contributed by atoms with Gasteiger partial charge in [0.15, 0.2) is 0 Å². The molecule has 4 aromatic carbocycles. The number of rotatable bonds is 35. The first-order chi connectivity index (χ1) is 38.2. The van der Waals surface area contributed by atoms with Crippen molar-refractivity contribution in [2.45, 2.75) is 140 Å². The van der Waals surface area contributed by atoms with Crippen molar-refractivity contribution in [2.75, 3.05) is 52.8 Å². The Balaban J connectivity index is 1.31. The molecule has 15 nitrogen and oxygen atoms in total. The highest BCUT2D eigenvalue weighted by molar-refractivity contribution is 6.03. The molecule has 0 aromatic heterocycles. The Bertz CT molecular complexity index is 2520. The Labute approximate surface area is 461 Å². The zero-order valence-corrected chi connectivity index (χ0v) is 45.7. The fraction of sp³-hybridized carbons (Fsp3) is 0.524. The summed E-state index contributed by atoms with van der Waals surface area (Å²) in [5.41, 5.74) is 5.13. The predicted molar refractivity (Wildman–Crippen MR) is 303 cm³/mol. The summed E-state index contributed by atoms with van der Waals surface area (Å²) in [7, 11) is 0. The molecule has 15 heteroatoms. The Hall–Kier alpha value is -6.10. The third-order valence-corrected chi connectivity index (χ3v) is 15.4. The van der Waals surface area contributed by atoms with Gasteiger partial charge in [-0.2, -0.15) is 0 Å². The van der Waals surface area contributed by atoms with Gasteiger partial charge in [0.2, 0.25) is 5.79 Å². The quantitative estimate of drug-likeness (QED) is 0.0171. The van der Waals surface area contributed by atoms with Crippen molar-refractivity contribution in [3.8, 4) is 28.4 Å². The second-order valence-corrected chi connectivity index (χ2v) is 20.8. The normalized spacial score (nSPS) is 20.7. The Morgan fingerprint density at radius 2 is 1.47 bits per heavy atom. The fourth-order valence-corrected chi connectivity index (χ4v) is 11.6. The monoisotopic (exact) mass is 1070 g/mol. The van der Waals surface area contributed by atoms with Crippen LogP contribution in [-0.4, -0.2) is 102 Å². The number of nitro benzene ring substituents is 1. The minimum Gasteiger partial charge on any atom is -0.459 e. The smallest absolute Gasteiger partial charge is 0.410 e. The number of ether oxygens (including phenoxy) is 5. The van der Waals surface area contributed by atoms with E-state index in [1.165, 1.54) is 50.7 Å². The van der Waals surface area contributed by atoms with E-state index in [2.05, 4.69) is 37.8 Å². The Morgan fingerprint density at radius 3 is 2.15 bits per heavy atom. The third kappa shape index (κ3) is 16.0. The van der Waals surface area contributed by atoms with Crippen LogP contribution in [0, 0.1) is 27.9 Å². The van der Waals surface area contributed by atoms with E-state index >= 15 is 0 Å². The van der Waals surface area contributed by atoms with Crippen LogP contribution in [0.1, 0.15) is 133 Å². The molecular weight excluding hydrogens is 991 g/mol. The minimum absolute atomic E-state index is 0.0152. The van der Waals surface area contributed by atoms with Gasteiger partial charge in [-0.3, -0.25) is 15.0 Å². The number of nitrogens with zero attached hydrogens (tertiary/aromatic N) is 3. The second-order valence-electron chi connectivity index (χ2n) is 20.8. The van der Waals surface area contributed by atoms with Gasteiger partial charge < -0.3 is 43.8 Å². The number of unbranched alkanes of at least 4 members (excludes halogenated alkanes) is 11. The number of oxime groups is 1. The summed E-state index contributed by atoms with van der Waals surface area (Å²) in [5, 5.41) is 46.4. The van der Waals surface area contributed by atoms with Crippen LogP contribution in [0.15, 0.2) is 127 Å². The van der Waals surface area contributed by atoms with E-state index in [-0.39, 0.29) is 89.3 Å². The number of carbonyl (C=O) groups excluding carboxylic acids is 1. The van der Waals surface area contributed by atoms with Gasteiger partial charge in [0.05, 0.1) is 49.6 Å². The fourth-order valence-electron chi connectivity index (χ4n) is 11.6. The number of aliphatic hydroxyl groups excluding tert-OH is 3. The van der Waals surface area contributed by atoms with Crippen LogP contribution in [-0.2, 0) is 25.7 Å². The molecule has 2 aliphatic carbocycles. The van der Waals surface area contributed by atoms with Gasteiger partial charge in [0.25, 0.3) is 5.69 Å². The van der Waals surface area contributed by atoms with Gasteiger partial charge in [-0.05, 0) is 109 Å². The summed E-state index contributed by atoms with van der Waals surface area (Å²) >= 11 is 0. The summed E-state index contributed by atoms with van der Waals surface area (Å²) in [5.74, 6) is -0.689. The van der Waals surface area contributed by atoms with E-state index in [1.54, 1.807) is 23.1 Å². The standard InChI is InChI=1S/C63H83N3O12/c1-3-5-6-7-8-9-10-11-12-20-40-74-62(70)65(35-41-73-42-38-69)59-45-57(64-76-46-47-25-29-51(30-26-47)66(71)72)55-43-50(23-16-18-36-67)54(24-17-19-37-68)60-56-44-53(33-34-58(56)78-63(59,61(55)60)75-39-4-2)77-52-31-27-49(28-32-52)48-21-14-13-15-22-48/h4,13-15,21-22,25-34,43-44,50,54,59-61,67-69H,2-3,5-12,16-20,23-24,35-42,45-46H2,1H3/t50-,54+,59-,60+,61+,63+/m0/s1. The molecule has 3 N–H and O–H groups in total. The lowest BCUT2D eigenvalue weighted by Gasteiger charge is -2.59. The molecule has 3 aliphatic rings. The highest BCUT2D eigenvalue weighted by atomic mass is 16.7. The summed E-state index contributed by atoms with van der Waals surface area (Å²) in [4.78, 5) is 33.9. The maximum Gasteiger partial charge on any atom is 0.410 e. The number of amides is 1. The largest absolute Gasteiger partial charge is 0.459 e. The molecule has 4 aromatic rings. The van der Waals surface area contributed by atoms with E-state index in [0.717, 1.165) is 67.2 Å². The van der Waals surface area contributed by atoms with Crippen molar-refractivity contribution in [3.05, 3.63) is 143 Å². The van der Waals surface area contributed by atoms with E-state index in [4.69, 9.17) is 33.7 Å². The molecule has 0 bridgehead atoms. The summed E-state index contributed by atoms with van der Waals surface area (Å²) in [6.45, 7) is 6.75. The van der Waals surface area contributed by atoms with Gasteiger partial charge in [-0.25, -0.2) is 4.79 Å². The molecule has 1 aliphatic heterocycles. The van der Waals surface area contributed by atoms with E-state index in [9.17, 15) is 30.2 Å². The number of carbonyl (C=O) groups is 1. The van der Waals surface area contributed by atoms with Crippen LogP contribution in [0.3, 0.4) is 0 Å². The minimum atomic E-state index is -1.55. The van der Waals surface area contributed by atoms with Crippen molar-refractivity contribution in [1.82, 2.24) is 4.90 Å². The van der Waals surface area contributed by atoms with Crippen molar-refractivity contribution < 1.29 is 53.6 Å². The average Bonchev–Trinajstić information content (AvgIpc) is 3.36. The molecule has 0 spiro atoms. The highest BCUT2D eigenvalue weighted by Gasteiger charge is 2.65. The van der Waals surface area contributed by atoms with Crippen LogP contribution in [0.2, 0.25) is 0 Å². The number of nitro groups is 1. The van der Waals surface area contributed by atoms with Crippen LogP contribution < -0.4 is 9.47 Å². The first kappa shape index (κ1) is 59.6. The number of aliphatic hydroxyl groups is 3. The maximum absolute atomic E-state index is 15.0. The number of fused-ring (bicyclic) bond motifs is 2. The topological polar surface area (TPSA) is 192 Å². The molecule has 1 heterocycles. The van der Waals surface area contributed by atoms with Gasteiger partial charge in [0, 0.05) is 49.8 Å². The van der Waals surface area contributed by atoms with Gasteiger partial charge in [-0.15, -0.1) is 6.58 Å². The van der Waals surface area contributed by atoms with Crippen molar-refractivity contribution >= 4 is 17.5 Å². The van der Waals surface area contributed by atoms with Crippen molar-refractivity contribution in [2.24, 2.45) is 22.9 Å². The number of hydrogen-bond donors (Lipinski definition) is 3. The van der Waals surface area contributed by atoms with E-state index in [0.29, 0.717) is 47.8 Å². The molecule has 0 radical (unpaired) electrons. The first-order valence-electron chi connectivity index (χ1n) is 28.6. The molecular formula is C63H83N3O12. The lowest BCUT2D eigenvalue weighted by molar-refractivity contribution is -0.384. The zero-order chi connectivity index (χ0) is 55.0. The molecule has 1 fully saturated rings. The lowest BCUT2D eigenvalue weighted by atomic mass is 9.55. The first-order valence-corrected chi connectivity index (χ1v) is 28.6. The number of hydrogen-bond acceptors (Lipinski definition) is 13. The van der Waals surface area contributed by atoms with Crippen molar-refractivity contribution in [1.29, 1.82) is 0 Å². The van der Waals surface area contributed by atoms with Crippen LogP contribution >= 0.6 is 0 Å². The zero-order valence-electron chi connectivity index (χ0n) is 45.7. The number of allylic oxidation sites excluding steroid dienone is 1. The summed E-state index contributed by atoms with van der Waals surface area (Å²) in [6, 6.07) is 29.3. The molecule has 422 valence electrons. The Morgan fingerprint density at radius 1 is 0.795 bits per heavy atom. The highest BCUT2D eigenvalue weighted by Crippen LogP contribution is 2.62. The molecule has 7 rings (SSSR count). The lowest BCUT2D eigenvalue weighted by Crippen LogP contribution is -2.70. The maximum atomic E-state index is 15.0. The van der Waals surface area contributed by atoms with Crippen molar-refractivity contribution in [3.63, 3.8) is 0 Å². The SMILES string of the molecule is C=CCO[C@@]12Oc3ccc(Oc4ccc(-c5ccccc5)cc4)cc3[C@H]3[C@H](CCCCO)[C@@H](CCCCO)C=C(C(=NOCc4ccc([N+](=O)[O-])cc4)C[C@@H]1N(CCOCCO)C(=O)OCCCCCCCCCCCC)[C@H]32. The summed E-state index contributed by atoms with van der Waals surface area (Å²) in [6.07, 6.45) is 19.1. The van der Waals surface area contributed by atoms with Gasteiger partial charge in [0.1, 0.15) is 29.9 Å². The van der Waals surface area contributed by atoms with Crippen LogP contribution in [0.4, 0.5) is 10.5 Å². The van der Waals surface area contributed by atoms with Gasteiger partial charge in [-0.1, -0.05) is 137 Å². The molecule has 0 saturated heterocycles. The van der Waals surface area contributed by atoms with Crippen LogP contribution in [0.5, 0.6) is 17.2 Å². The van der Waals surface area contributed by atoms with E-state index < -0.39 is 28.8 Å². The molecule has 1 saturated carbocycles. The van der Waals surface area contributed by atoms with E-state index in [1.807, 2.05) is 54.6 Å². The third-order valence-electron chi connectivity index (χ3n) is 15.4. The predicted octanol–water partition coefficient (Wildman–Crippen LogP) is 13.3. The number of non-ortho nitro benzene ring substituents is 1. The van der Waals surface area contributed by atoms with Crippen LogP contribution in [0.25, 0.3) is 11.1 Å².